The Hall–Kier alpha value is -0.120. The van der Waals surface area contributed by atoms with E-state index in [9.17, 15) is 0 Å². The Labute approximate surface area is 61.1 Å². The van der Waals surface area contributed by atoms with Crippen LogP contribution in [0.5, 0.6) is 0 Å². The van der Waals surface area contributed by atoms with Gasteiger partial charge in [0.15, 0.2) is 0 Å². The molecule has 3 heteroatoms. The van der Waals surface area contributed by atoms with Crippen molar-refractivity contribution in [1.29, 1.82) is 0 Å². The van der Waals surface area contributed by atoms with Gasteiger partial charge in [-0.1, -0.05) is 0 Å². The normalized spacial score (nSPS) is 32.1. The molecule has 2 fully saturated rings. The van der Waals surface area contributed by atoms with Crippen molar-refractivity contribution in [2.75, 3.05) is 19.8 Å². The summed E-state index contributed by atoms with van der Waals surface area (Å²) in [4.78, 5) is 0. The van der Waals surface area contributed by atoms with E-state index in [4.69, 9.17) is 10.6 Å². The van der Waals surface area contributed by atoms with Crippen LogP contribution in [0.25, 0.3) is 0 Å². The highest BCUT2D eigenvalue weighted by atomic mass is 16.5. The molecule has 0 atom stereocenters. The lowest BCUT2D eigenvalue weighted by Gasteiger charge is -2.50. The summed E-state index contributed by atoms with van der Waals surface area (Å²) in [6, 6.07) is 0. The fraction of sp³-hybridized carbons (Fsp3) is 1.00. The molecule has 2 rings (SSSR count). The average Bonchev–Trinajstić information content (AvgIpc) is 1.85. The lowest BCUT2D eigenvalue weighted by molar-refractivity contribution is -0.108. The minimum Gasteiger partial charge on any atom is -0.378 e. The minimum absolute atomic E-state index is 0.248. The second kappa shape index (κ2) is 2.19. The van der Waals surface area contributed by atoms with E-state index in [-0.39, 0.29) is 5.54 Å². The SMILES string of the molecule is NN1CCOCC12CCC2. The van der Waals surface area contributed by atoms with Crippen molar-refractivity contribution in [3.05, 3.63) is 0 Å². The monoisotopic (exact) mass is 142 g/mol. The molecule has 1 saturated heterocycles. The maximum absolute atomic E-state index is 5.83. The van der Waals surface area contributed by atoms with Crippen molar-refractivity contribution in [3.8, 4) is 0 Å². The Morgan fingerprint density at radius 2 is 2.20 bits per heavy atom. The molecule has 2 N–H and O–H groups in total. The summed E-state index contributed by atoms with van der Waals surface area (Å²) in [7, 11) is 0. The van der Waals surface area contributed by atoms with Gasteiger partial charge in [-0.2, -0.15) is 0 Å². The van der Waals surface area contributed by atoms with Crippen molar-refractivity contribution < 1.29 is 4.74 Å². The van der Waals surface area contributed by atoms with E-state index in [2.05, 4.69) is 0 Å². The topological polar surface area (TPSA) is 38.5 Å². The van der Waals surface area contributed by atoms with Crippen LogP contribution in [0.15, 0.2) is 0 Å². The Bertz CT molecular complexity index is 134. The molecule has 0 aromatic rings. The fourth-order valence-electron chi connectivity index (χ4n) is 1.76. The second-order valence-corrected chi connectivity index (χ2v) is 3.32. The summed E-state index contributed by atoms with van der Waals surface area (Å²) >= 11 is 0. The number of nitrogens with two attached hydrogens (primary N) is 1. The highest BCUT2D eigenvalue weighted by molar-refractivity contribution is 4.97. The van der Waals surface area contributed by atoms with Crippen LogP contribution in [-0.4, -0.2) is 30.3 Å². The predicted octanol–water partition coefficient (Wildman–Crippen LogP) is 0.115. The third-order valence-corrected chi connectivity index (χ3v) is 2.74. The number of hydrogen-bond donors (Lipinski definition) is 1. The molecular weight excluding hydrogens is 128 g/mol. The van der Waals surface area contributed by atoms with Crippen molar-refractivity contribution in [2.45, 2.75) is 24.8 Å². The highest BCUT2D eigenvalue weighted by Crippen LogP contribution is 2.37. The third kappa shape index (κ3) is 0.779. The van der Waals surface area contributed by atoms with Crippen LogP contribution in [0.1, 0.15) is 19.3 Å². The van der Waals surface area contributed by atoms with E-state index >= 15 is 0 Å². The first-order valence-electron chi connectivity index (χ1n) is 3.94. The van der Waals surface area contributed by atoms with E-state index in [1.165, 1.54) is 19.3 Å². The number of ether oxygens (including phenoxy) is 1. The molecule has 1 saturated carbocycles. The molecule has 0 radical (unpaired) electrons. The second-order valence-electron chi connectivity index (χ2n) is 3.32. The van der Waals surface area contributed by atoms with Gasteiger partial charge in [-0.05, 0) is 19.3 Å². The maximum Gasteiger partial charge on any atom is 0.0664 e. The van der Waals surface area contributed by atoms with E-state index in [1.54, 1.807) is 0 Å². The standard InChI is InChI=1S/C7H14N2O/c8-9-4-5-10-6-7(9)2-1-3-7/h1-6,8H2. The Balaban J connectivity index is 2.03. The molecule has 1 aliphatic carbocycles. The van der Waals surface area contributed by atoms with Crippen molar-refractivity contribution >= 4 is 0 Å². The van der Waals surface area contributed by atoms with Gasteiger partial charge in [0.2, 0.25) is 0 Å². The summed E-state index contributed by atoms with van der Waals surface area (Å²) < 4.78 is 5.38. The Morgan fingerprint density at radius 3 is 2.60 bits per heavy atom. The molecule has 1 aliphatic heterocycles. The first-order valence-corrected chi connectivity index (χ1v) is 3.94. The highest BCUT2D eigenvalue weighted by Gasteiger charge is 2.43. The molecule has 3 nitrogen and oxygen atoms in total. The number of hydrazine groups is 1. The van der Waals surface area contributed by atoms with E-state index in [1.807, 2.05) is 5.01 Å². The first kappa shape index (κ1) is 6.58. The van der Waals surface area contributed by atoms with Crippen LogP contribution in [0.3, 0.4) is 0 Å². The van der Waals surface area contributed by atoms with Gasteiger partial charge in [0, 0.05) is 6.54 Å². The molecule has 0 bridgehead atoms. The largest absolute Gasteiger partial charge is 0.378 e. The molecule has 1 spiro atoms. The summed E-state index contributed by atoms with van der Waals surface area (Å²) in [5.41, 5.74) is 0.248. The van der Waals surface area contributed by atoms with Crippen LogP contribution < -0.4 is 5.84 Å². The number of hydrogen-bond acceptors (Lipinski definition) is 3. The molecule has 0 aromatic carbocycles. The summed E-state index contributed by atoms with van der Waals surface area (Å²) in [5.74, 6) is 5.83. The lowest BCUT2D eigenvalue weighted by Crippen LogP contribution is -2.63. The van der Waals surface area contributed by atoms with E-state index in [0.717, 1.165) is 19.8 Å². The van der Waals surface area contributed by atoms with Gasteiger partial charge in [-0.15, -0.1) is 0 Å². The van der Waals surface area contributed by atoms with Gasteiger partial charge in [-0.25, -0.2) is 5.01 Å². The van der Waals surface area contributed by atoms with Gasteiger partial charge in [0.25, 0.3) is 0 Å². The van der Waals surface area contributed by atoms with Gasteiger partial charge in [0.05, 0.1) is 18.8 Å². The van der Waals surface area contributed by atoms with Crippen LogP contribution in [0, 0.1) is 0 Å². The van der Waals surface area contributed by atoms with E-state index in [0.29, 0.717) is 0 Å². The molecule has 1 heterocycles. The van der Waals surface area contributed by atoms with Crippen molar-refractivity contribution in [1.82, 2.24) is 5.01 Å². The zero-order valence-electron chi connectivity index (χ0n) is 6.18. The Morgan fingerprint density at radius 1 is 1.40 bits per heavy atom. The van der Waals surface area contributed by atoms with Gasteiger partial charge in [0.1, 0.15) is 0 Å². The summed E-state index contributed by atoms with van der Waals surface area (Å²) in [6.45, 7) is 2.56. The van der Waals surface area contributed by atoms with E-state index < -0.39 is 0 Å². The van der Waals surface area contributed by atoms with Crippen LogP contribution in [0.4, 0.5) is 0 Å². The first-order chi connectivity index (χ1) is 4.83. The minimum atomic E-state index is 0.248. The fourth-order valence-corrected chi connectivity index (χ4v) is 1.76. The quantitative estimate of drug-likeness (QED) is 0.488. The molecule has 58 valence electrons. The average molecular weight is 142 g/mol. The maximum atomic E-state index is 5.83. The van der Waals surface area contributed by atoms with Crippen LogP contribution >= 0.6 is 0 Å². The van der Waals surface area contributed by atoms with Crippen LogP contribution in [0.2, 0.25) is 0 Å². The van der Waals surface area contributed by atoms with Gasteiger partial charge < -0.3 is 4.74 Å². The van der Waals surface area contributed by atoms with Crippen LogP contribution in [-0.2, 0) is 4.74 Å². The zero-order valence-corrected chi connectivity index (χ0v) is 6.18. The van der Waals surface area contributed by atoms with Gasteiger partial charge >= 0.3 is 0 Å². The molecule has 10 heavy (non-hydrogen) atoms. The van der Waals surface area contributed by atoms with Gasteiger partial charge in [-0.3, -0.25) is 5.84 Å². The van der Waals surface area contributed by atoms with Crippen molar-refractivity contribution in [3.63, 3.8) is 0 Å². The number of rotatable bonds is 0. The summed E-state index contributed by atoms with van der Waals surface area (Å²) in [6.07, 6.45) is 3.77. The molecular formula is C7H14N2O. The lowest BCUT2D eigenvalue weighted by atomic mass is 9.76. The zero-order chi connectivity index (χ0) is 7.03. The number of morpholine rings is 1. The molecule has 0 aromatic heterocycles. The smallest absolute Gasteiger partial charge is 0.0664 e. The molecule has 0 unspecified atom stereocenters. The predicted molar refractivity (Wildman–Crippen MR) is 38.3 cm³/mol. The Kier molecular flexibility index (Phi) is 1.44. The van der Waals surface area contributed by atoms with Crippen molar-refractivity contribution in [2.24, 2.45) is 5.84 Å². The molecule has 2 aliphatic rings. The number of nitrogens with zero attached hydrogens (tertiary/aromatic N) is 1. The summed E-state index contributed by atoms with van der Waals surface area (Å²) in [5, 5.41) is 1.97. The third-order valence-electron chi connectivity index (χ3n) is 2.74. The molecule has 0 amide bonds.